The number of benzene rings is 1. The minimum atomic E-state index is -0.297. The van der Waals surface area contributed by atoms with Crippen molar-refractivity contribution in [2.75, 3.05) is 25.9 Å². The SMILES string of the molecule is CNCCNC(=O)c1ccc(-c2cc(Cl)cc(Cl)c2Cl)c(N)n1. The van der Waals surface area contributed by atoms with Crippen molar-refractivity contribution in [3.05, 3.63) is 45.0 Å². The van der Waals surface area contributed by atoms with Crippen LogP contribution in [-0.4, -0.2) is 31.0 Å². The summed E-state index contributed by atoms with van der Waals surface area (Å²) in [7, 11) is 1.80. The summed E-state index contributed by atoms with van der Waals surface area (Å²) in [5.41, 5.74) is 7.32. The van der Waals surface area contributed by atoms with Crippen molar-refractivity contribution in [1.29, 1.82) is 0 Å². The molecule has 1 amide bonds. The molecule has 1 aromatic carbocycles. The molecule has 0 fully saturated rings. The zero-order chi connectivity index (χ0) is 17.0. The molecule has 122 valence electrons. The molecule has 23 heavy (non-hydrogen) atoms. The Hall–Kier alpha value is -1.53. The van der Waals surface area contributed by atoms with Gasteiger partial charge in [0.05, 0.1) is 10.0 Å². The van der Waals surface area contributed by atoms with Crippen LogP contribution in [0.2, 0.25) is 15.1 Å². The Balaban J connectivity index is 2.32. The second kappa shape index (κ2) is 7.84. The van der Waals surface area contributed by atoms with Gasteiger partial charge in [0.2, 0.25) is 0 Å². The first-order valence-electron chi connectivity index (χ1n) is 6.78. The van der Waals surface area contributed by atoms with Gasteiger partial charge in [-0.2, -0.15) is 0 Å². The Morgan fingerprint density at radius 3 is 2.57 bits per heavy atom. The maximum atomic E-state index is 12.0. The van der Waals surface area contributed by atoms with Gasteiger partial charge in [-0.1, -0.05) is 34.8 Å². The molecule has 2 rings (SSSR count). The summed E-state index contributed by atoms with van der Waals surface area (Å²) < 4.78 is 0. The molecule has 2 aromatic rings. The lowest BCUT2D eigenvalue weighted by atomic mass is 10.1. The van der Waals surface area contributed by atoms with Crippen LogP contribution < -0.4 is 16.4 Å². The van der Waals surface area contributed by atoms with Crippen LogP contribution in [-0.2, 0) is 0 Å². The number of likely N-dealkylation sites (N-methyl/N-ethyl adjacent to an activating group) is 1. The molecule has 4 N–H and O–H groups in total. The lowest BCUT2D eigenvalue weighted by molar-refractivity contribution is 0.0949. The Labute approximate surface area is 149 Å². The third-order valence-electron chi connectivity index (χ3n) is 3.10. The first-order valence-corrected chi connectivity index (χ1v) is 7.91. The van der Waals surface area contributed by atoms with E-state index in [0.717, 1.165) is 0 Å². The standard InChI is InChI=1S/C15H15Cl3N4O/c1-20-4-5-21-15(23)12-3-2-9(14(19)22-12)10-6-8(16)7-11(17)13(10)18/h2-3,6-7,20H,4-5H2,1H3,(H2,19,22)(H,21,23). The molecule has 0 aliphatic rings. The van der Waals surface area contributed by atoms with Crippen LogP contribution in [0.25, 0.3) is 11.1 Å². The van der Waals surface area contributed by atoms with Gasteiger partial charge in [-0.15, -0.1) is 0 Å². The third kappa shape index (κ3) is 4.26. The summed E-state index contributed by atoms with van der Waals surface area (Å²) in [6, 6.07) is 6.44. The average molecular weight is 374 g/mol. The Morgan fingerprint density at radius 2 is 1.91 bits per heavy atom. The van der Waals surface area contributed by atoms with E-state index >= 15 is 0 Å². The molecule has 1 heterocycles. The van der Waals surface area contributed by atoms with Crippen LogP contribution in [0.3, 0.4) is 0 Å². The fourth-order valence-electron chi connectivity index (χ4n) is 1.97. The smallest absolute Gasteiger partial charge is 0.270 e. The van der Waals surface area contributed by atoms with Gasteiger partial charge < -0.3 is 16.4 Å². The van der Waals surface area contributed by atoms with E-state index in [2.05, 4.69) is 15.6 Å². The van der Waals surface area contributed by atoms with E-state index in [-0.39, 0.29) is 17.4 Å². The van der Waals surface area contributed by atoms with Gasteiger partial charge in [0.25, 0.3) is 5.91 Å². The van der Waals surface area contributed by atoms with Gasteiger partial charge in [-0.05, 0) is 31.3 Å². The molecule has 0 spiro atoms. The number of hydrogen-bond donors (Lipinski definition) is 3. The van der Waals surface area contributed by atoms with Crippen LogP contribution >= 0.6 is 34.8 Å². The van der Waals surface area contributed by atoms with E-state index in [1.165, 1.54) is 0 Å². The van der Waals surface area contributed by atoms with Crippen molar-refractivity contribution in [2.45, 2.75) is 0 Å². The molecule has 0 radical (unpaired) electrons. The van der Waals surface area contributed by atoms with E-state index < -0.39 is 0 Å². The zero-order valence-corrected chi connectivity index (χ0v) is 14.6. The van der Waals surface area contributed by atoms with Gasteiger partial charge in [-0.25, -0.2) is 4.98 Å². The van der Waals surface area contributed by atoms with Crippen molar-refractivity contribution < 1.29 is 4.79 Å². The van der Waals surface area contributed by atoms with E-state index in [9.17, 15) is 4.79 Å². The number of nitrogens with two attached hydrogens (primary N) is 1. The molecule has 8 heteroatoms. The number of nitrogens with one attached hydrogen (secondary N) is 2. The number of nitrogens with zero attached hydrogens (tertiary/aromatic N) is 1. The number of halogens is 3. The molecule has 0 atom stereocenters. The largest absolute Gasteiger partial charge is 0.383 e. The first kappa shape index (κ1) is 17.8. The fraction of sp³-hybridized carbons (Fsp3) is 0.200. The summed E-state index contributed by atoms with van der Waals surface area (Å²) >= 11 is 18.2. The molecular weight excluding hydrogens is 359 g/mol. The number of hydrogen-bond acceptors (Lipinski definition) is 4. The highest BCUT2D eigenvalue weighted by Crippen LogP contribution is 2.38. The van der Waals surface area contributed by atoms with Gasteiger partial charge in [0.15, 0.2) is 0 Å². The summed E-state index contributed by atoms with van der Waals surface area (Å²) in [4.78, 5) is 16.1. The molecule has 0 unspecified atom stereocenters. The van der Waals surface area contributed by atoms with Crippen molar-refractivity contribution in [2.24, 2.45) is 0 Å². The van der Waals surface area contributed by atoms with Crippen molar-refractivity contribution in [3.63, 3.8) is 0 Å². The summed E-state index contributed by atoms with van der Waals surface area (Å²) in [6.45, 7) is 1.16. The van der Waals surface area contributed by atoms with Gasteiger partial charge in [-0.3, -0.25) is 4.79 Å². The molecule has 0 aliphatic heterocycles. The van der Waals surface area contributed by atoms with E-state index in [0.29, 0.717) is 39.3 Å². The zero-order valence-electron chi connectivity index (χ0n) is 12.3. The topological polar surface area (TPSA) is 80.0 Å². The number of nitrogen functional groups attached to an aromatic ring is 1. The van der Waals surface area contributed by atoms with Crippen LogP contribution in [0.15, 0.2) is 24.3 Å². The fourth-order valence-corrected chi connectivity index (χ4v) is 2.68. The predicted molar refractivity (Wildman–Crippen MR) is 95.4 cm³/mol. The second-order valence-electron chi connectivity index (χ2n) is 4.74. The highest BCUT2D eigenvalue weighted by Gasteiger charge is 2.15. The lowest BCUT2D eigenvalue weighted by Crippen LogP contribution is -2.31. The molecule has 5 nitrogen and oxygen atoms in total. The number of pyridine rings is 1. The minimum absolute atomic E-state index is 0.173. The highest BCUT2D eigenvalue weighted by molar-refractivity contribution is 6.45. The van der Waals surface area contributed by atoms with Crippen LogP contribution in [0.5, 0.6) is 0 Å². The van der Waals surface area contributed by atoms with Crippen LogP contribution in [0.4, 0.5) is 5.82 Å². The number of anilines is 1. The van der Waals surface area contributed by atoms with Crippen molar-refractivity contribution in [3.8, 4) is 11.1 Å². The Bertz CT molecular complexity index is 737. The second-order valence-corrected chi connectivity index (χ2v) is 5.96. The molecule has 1 aromatic heterocycles. The number of carbonyl (C=O) groups is 1. The van der Waals surface area contributed by atoms with E-state index in [1.54, 1.807) is 31.3 Å². The minimum Gasteiger partial charge on any atom is -0.383 e. The average Bonchev–Trinajstić information content (AvgIpc) is 2.51. The summed E-state index contributed by atoms with van der Waals surface area (Å²) in [5, 5.41) is 6.75. The first-order chi connectivity index (χ1) is 10.9. The monoisotopic (exact) mass is 372 g/mol. The number of amides is 1. The molecule has 0 saturated heterocycles. The number of rotatable bonds is 5. The van der Waals surface area contributed by atoms with Gasteiger partial charge in [0, 0.05) is 29.2 Å². The molecule has 0 saturated carbocycles. The Kier molecular flexibility index (Phi) is 6.07. The quantitative estimate of drug-likeness (QED) is 0.555. The maximum Gasteiger partial charge on any atom is 0.270 e. The van der Waals surface area contributed by atoms with Crippen LogP contribution in [0.1, 0.15) is 10.5 Å². The normalized spacial score (nSPS) is 10.6. The Morgan fingerprint density at radius 1 is 1.17 bits per heavy atom. The van der Waals surface area contributed by atoms with Gasteiger partial charge >= 0.3 is 0 Å². The third-order valence-corrected chi connectivity index (χ3v) is 4.12. The number of carbonyl (C=O) groups excluding carboxylic acids is 1. The van der Waals surface area contributed by atoms with Gasteiger partial charge in [0.1, 0.15) is 11.5 Å². The highest BCUT2D eigenvalue weighted by atomic mass is 35.5. The summed E-state index contributed by atoms with van der Waals surface area (Å²) in [6.07, 6.45) is 0. The number of aromatic nitrogens is 1. The van der Waals surface area contributed by atoms with Crippen molar-refractivity contribution in [1.82, 2.24) is 15.6 Å². The van der Waals surface area contributed by atoms with E-state index in [4.69, 9.17) is 40.5 Å². The maximum absolute atomic E-state index is 12.0. The molecule has 0 aliphatic carbocycles. The molecular formula is C15H15Cl3N4O. The van der Waals surface area contributed by atoms with Crippen LogP contribution in [0, 0.1) is 0 Å². The molecule has 0 bridgehead atoms. The van der Waals surface area contributed by atoms with E-state index in [1.807, 2.05) is 0 Å². The summed E-state index contributed by atoms with van der Waals surface area (Å²) in [5.74, 6) is -0.125. The van der Waals surface area contributed by atoms with Crippen molar-refractivity contribution >= 4 is 46.5 Å². The predicted octanol–water partition coefficient (Wildman–Crippen LogP) is 3.24. The lowest BCUT2D eigenvalue weighted by Gasteiger charge is -2.11.